The lowest BCUT2D eigenvalue weighted by atomic mass is 10.1. The Morgan fingerprint density at radius 3 is 2.22 bits per heavy atom. The number of hydrogen-bond donors (Lipinski definition) is 0. The highest BCUT2D eigenvalue weighted by atomic mass is 16.6. The molecule has 0 spiro atoms. The van der Waals surface area contributed by atoms with Crippen LogP contribution in [0.4, 0.5) is 5.69 Å². The maximum absolute atomic E-state index is 12.9. The summed E-state index contributed by atoms with van der Waals surface area (Å²) in [5.74, 6) is 1.16. The molecule has 32 heavy (non-hydrogen) atoms. The van der Waals surface area contributed by atoms with Gasteiger partial charge in [-0.2, -0.15) is 0 Å². The van der Waals surface area contributed by atoms with E-state index in [4.69, 9.17) is 9.47 Å². The quantitative estimate of drug-likeness (QED) is 0.736. The van der Waals surface area contributed by atoms with Gasteiger partial charge in [-0.05, 0) is 42.8 Å². The Bertz CT molecular complexity index is 1030. The Kier molecular flexibility index (Phi) is 5.43. The minimum absolute atomic E-state index is 0.0671. The third-order valence-electron chi connectivity index (χ3n) is 6.16. The first kappa shape index (κ1) is 20.4. The first-order valence-corrected chi connectivity index (χ1v) is 11.0. The molecule has 3 aliphatic rings. The molecule has 2 saturated heterocycles. The van der Waals surface area contributed by atoms with Gasteiger partial charge in [-0.25, -0.2) is 0 Å². The molecule has 1 atom stereocenters. The lowest BCUT2D eigenvalue weighted by Gasteiger charge is -2.37. The zero-order chi connectivity index (χ0) is 22.1. The van der Waals surface area contributed by atoms with Crippen molar-refractivity contribution in [2.75, 3.05) is 44.2 Å². The van der Waals surface area contributed by atoms with Crippen molar-refractivity contribution in [1.29, 1.82) is 0 Å². The van der Waals surface area contributed by atoms with Crippen LogP contribution in [0.15, 0.2) is 48.5 Å². The Labute approximate surface area is 186 Å². The summed E-state index contributed by atoms with van der Waals surface area (Å²) in [6.07, 6.45) is 0.773. The van der Waals surface area contributed by atoms with Crippen molar-refractivity contribution in [2.45, 2.75) is 18.9 Å². The van der Waals surface area contributed by atoms with E-state index in [-0.39, 0.29) is 24.3 Å². The van der Waals surface area contributed by atoms with E-state index >= 15 is 0 Å². The van der Waals surface area contributed by atoms with E-state index in [2.05, 4.69) is 0 Å². The van der Waals surface area contributed by atoms with E-state index in [0.29, 0.717) is 49.7 Å². The predicted molar refractivity (Wildman–Crippen MR) is 117 cm³/mol. The normalized spacial score (nSPS) is 20.4. The highest BCUT2D eigenvalue weighted by Crippen LogP contribution is 2.31. The second-order valence-electron chi connectivity index (χ2n) is 8.18. The number of hydrogen-bond acceptors (Lipinski definition) is 5. The highest BCUT2D eigenvalue weighted by Gasteiger charge is 2.33. The molecule has 2 aromatic rings. The number of nitrogens with zero attached hydrogens (tertiary/aromatic N) is 3. The van der Waals surface area contributed by atoms with Gasteiger partial charge in [0.2, 0.25) is 12.0 Å². The summed E-state index contributed by atoms with van der Waals surface area (Å²) in [6, 6.07) is 14.5. The fraction of sp³-hybridized carbons (Fsp3) is 0.375. The van der Waals surface area contributed by atoms with Gasteiger partial charge >= 0.3 is 0 Å². The topological polar surface area (TPSA) is 79.4 Å². The standard InChI is InChI=1S/C24H25N3O5/c28-22-6-3-11-27(22)18-9-7-17(8-10-18)23(29)25-12-14-26(15-13-25)24(30)21-16-31-19-4-1-2-5-20(19)32-21/h1-2,4-5,7-10,21H,3,6,11-16H2/t21-/m1/s1. The number of ether oxygens (including phenoxy) is 2. The van der Waals surface area contributed by atoms with Gasteiger partial charge < -0.3 is 24.2 Å². The summed E-state index contributed by atoms with van der Waals surface area (Å²) in [5.41, 5.74) is 1.41. The number of rotatable bonds is 3. The van der Waals surface area contributed by atoms with E-state index in [9.17, 15) is 14.4 Å². The summed E-state index contributed by atoms with van der Waals surface area (Å²) in [4.78, 5) is 42.9. The molecule has 166 valence electrons. The summed E-state index contributed by atoms with van der Waals surface area (Å²) >= 11 is 0. The first-order valence-electron chi connectivity index (χ1n) is 11.0. The molecule has 8 nitrogen and oxygen atoms in total. The molecule has 0 bridgehead atoms. The van der Waals surface area contributed by atoms with Gasteiger partial charge in [0.1, 0.15) is 6.61 Å². The molecule has 2 aromatic carbocycles. The average molecular weight is 435 g/mol. The lowest BCUT2D eigenvalue weighted by molar-refractivity contribution is -0.142. The third kappa shape index (κ3) is 3.88. The molecule has 3 aliphatic heterocycles. The summed E-state index contributed by atoms with van der Waals surface area (Å²) < 4.78 is 11.5. The number of benzene rings is 2. The van der Waals surface area contributed by atoms with E-state index in [1.807, 2.05) is 30.3 Å². The molecule has 0 radical (unpaired) electrons. The number of amides is 3. The predicted octanol–water partition coefficient (Wildman–Crippen LogP) is 1.94. The van der Waals surface area contributed by atoms with Gasteiger partial charge in [-0.3, -0.25) is 14.4 Å². The Morgan fingerprint density at radius 2 is 1.53 bits per heavy atom. The smallest absolute Gasteiger partial charge is 0.267 e. The molecule has 3 heterocycles. The van der Waals surface area contributed by atoms with Gasteiger partial charge in [0.25, 0.3) is 11.8 Å². The third-order valence-corrected chi connectivity index (χ3v) is 6.16. The molecule has 0 saturated carbocycles. The fourth-order valence-corrected chi connectivity index (χ4v) is 4.36. The van der Waals surface area contributed by atoms with Gasteiger partial charge in [-0.1, -0.05) is 12.1 Å². The molecule has 3 amide bonds. The van der Waals surface area contributed by atoms with Crippen molar-refractivity contribution in [3.05, 3.63) is 54.1 Å². The second kappa shape index (κ2) is 8.53. The van der Waals surface area contributed by atoms with E-state index in [1.165, 1.54) is 0 Å². The molecule has 0 N–H and O–H groups in total. The van der Waals surface area contributed by atoms with Crippen molar-refractivity contribution < 1.29 is 23.9 Å². The van der Waals surface area contributed by atoms with Gasteiger partial charge in [0.05, 0.1) is 0 Å². The molecule has 0 aliphatic carbocycles. The minimum atomic E-state index is -0.673. The number of carbonyl (C=O) groups excluding carboxylic acids is 3. The summed E-state index contributed by atoms with van der Waals surface area (Å²) in [6.45, 7) is 2.73. The molecular formula is C24H25N3O5. The maximum atomic E-state index is 12.9. The van der Waals surface area contributed by atoms with Crippen molar-refractivity contribution in [2.24, 2.45) is 0 Å². The summed E-state index contributed by atoms with van der Waals surface area (Å²) in [7, 11) is 0. The van der Waals surface area contributed by atoms with Crippen LogP contribution in [0.3, 0.4) is 0 Å². The SMILES string of the molecule is O=C(c1ccc(N2CCCC2=O)cc1)N1CCN(C(=O)[C@H]2COc3ccccc3O2)CC1. The Balaban J connectivity index is 1.16. The number of carbonyl (C=O) groups is 3. The number of fused-ring (bicyclic) bond motifs is 1. The van der Waals surface area contributed by atoms with Crippen LogP contribution in [0, 0.1) is 0 Å². The first-order chi connectivity index (χ1) is 15.6. The maximum Gasteiger partial charge on any atom is 0.267 e. The molecule has 8 heteroatoms. The zero-order valence-corrected chi connectivity index (χ0v) is 17.7. The number of anilines is 1. The Morgan fingerprint density at radius 1 is 0.844 bits per heavy atom. The van der Waals surface area contributed by atoms with Gasteiger partial charge in [-0.15, -0.1) is 0 Å². The van der Waals surface area contributed by atoms with Crippen LogP contribution in [-0.2, 0) is 9.59 Å². The molecule has 5 rings (SSSR count). The average Bonchev–Trinajstić information content (AvgIpc) is 3.29. The monoisotopic (exact) mass is 435 g/mol. The largest absolute Gasteiger partial charge is 0.485 e. The van der Waals surface area contributed by atoms with Crippen molar-refractivity contribution >= 4 is 23.4 Å². The van der Waals surface area contributed by atoms with E-state index in [0.717, 1.165) is 18.7 Å². The summed E-state index contributed by atoms with van der Waals surface area (Å²) in [5, 5.41) is 0. The van der Waals surface area contributed by atoms with Crippen LogP contribution in [0.2, 0.25) is 0 Å². The molecule has 2 fully saturated rings. The molecule has 0 unspecified atom stereocenters. The number of para-hydroxylation sites is 2. The minimum Gasteiger partial charge on any atom is -0.485 e. The van der Waals surface area contributed by atoms with Gasteiger partial charge in [0, 0.05) is 50.4 Å². The second-order valence-corrected chi connectivity index (χ2v) is 8.18. The molecular weight excluding hydrogens is 410 g/mol. The van der Waals surface area contributed by atoms with Crippen molar-refractivity contribution in [1.82, 2.24) is 9.80 Å². The van der Waals surface area contributed by atoms with Crippen LogP contribution in [-0.4, -0.2) is 73.0 Å². The van der Waals surface area contributed by atoms with Crippen LogP contribution in [0.5, 0.6) is 11.5 Å². The van der Waals surface area contributed by atoms with Crippen LogP contribution in [0.25, 0.3) is 0 Å². The van der Waals surface area contributed by atoms with Gasteiger partial charge in [0.15, 0.2) is 11.5 Å². The number of piperazine rings is 1. The van der Waals surface area contributed by atoms with E-state index < -0.39 is 6.10 Å². The van der Waals surface area contributed by atoms with Crippen LogP contribution in [0.1, 0.15) is 23.2 Å². The molecule has 0 aromatic heterocycles. The van der Waals surface area contributed by atoms with Crippen LogP contribution >= 0.6 is 0 Å². The van der Waals surface area contributed by atoms with Crippen molar-refractivity contribution in [3.63, 3.8) is 0 Å². The Hall–Kier alpha value is -3.55. The fourth-order valence-electron chi connectivity index (χ4n) is 4.36. The lowest BCUT2D eigenvalue weighted by Crippen LogP contribution is -2.55. The highest BCUT2D eigenvalue weighted by molar-refractivity contribution is 5.97. The van der Waals surface area contributed by atoms with Crippen LogP contribution < -0.4 is 14.4 Å². The zero-order valence-electron chi connectivity index (χ0n) is 17.7. The van der Waals surface area contributed by atoms with E-state index in [1.54, 1.807) is 32.9 Å². The van der Waals surface area contributed by atoms with Crippen molar-refractivity contribution in [3.8, 4) is 11.5 Å².